The number of nitrogens with one attached hydrogen (secondary N) is 1. The van der Waals surface area contributed by atoms with Crippen molar-refractivity contribution >= 4 is 11.9 Å². The van der Waals surface area contributed by atoms with Crippen LogP contribution in [0.25, 0.3) is 0 Å². The highest BCUT2D eigenvalue weighted by atomic mass is 16.5. The van der Waals surface area contributed by atoms with Gasteiger partial charge in [-0.05, 0) is 42.9 Å². The molecule has 0 bridgehead atoms. The third kappa shape index (κ3) is 5.21. The Morgan fingerprint density at radius 1 is 1.14 bits per heavy atom. The van der Waals surface area contributed by atoms with Crippen LogP contribution >= 0.6 is 0 Å². The summed E-state index contributed by atoms with van der Waals surface area (Å²) in [6.45, 7) is 13.7. The van der Waals surface area contributed by atoms with Crippen molar-refractivity contribution in [3.8, 4) is 0 Å². The van der Waals surface area contributed by atoms with Gasteiger partial charge < -0.3 is 14.6 Å². The van der Waals surface area contributed by atoms with Crippen molar-refractivity contribution in [1.29, 1.82) is 0 Å². The summed E-state index contributed by atoms with van der Waals surface area (Å²) in [5.41, 5.74) is 3.10. The molecule has 0 aliphatic heterocycles. The molecule has 1 atom stereocenters. The lowest BCUT2D eigenvalue weighted by molar-refractivity contribution is -0.148. The van der Waals surface area contributed by atoms with E-state index in [0.717, 1.165) is 11.1 Å². The van der Waals surface area contributed by atoms with Gasteiger partial charge in [-0.15, -0.1) is 0 Å². The minimum atomic E-state index is -0.740. The summed E-state index contributed by atoms with van der Waals surface area (Å²) in [4.78, 5) is 25.2. The first-order valence-electron chi connectivity index (χ1n) is 9.50. The van der Waals surface area contributed by atoms with E-state index >= 15 is 0 Å². The number of rotatable bonds is 6. The van der Waals surface area contributed by atoms with E-state index in [9.17, 15) is 9.59 Å². The Morgan fingerprint density at radius 3 is 2.21 bits per heavy atom. The van der Waals surface area contributed by atoms with E-state index < -0.39 is 12.0 Å². The molecule has 0 aliphatic carbocycles. The summed E-state index contributed by atoms with van der Waals surface area (Å²) in [5, 5.41) is 6.65. The molecular formula is C22H30N2O4. The Morgan fingerprint density at radius 2 is 1.75 bits per heavy atom. The molecule has 0 saturated carbocycles. The lowest BCUT2D eigenvalue weighted by atomic mass is 9.86. The highest BCUT2D eigenvalue weighted by Crippen LogP contribution is 2.22. The third-order valence-electron chi connectivity index (χ3n) is 4.76. The fraction of sp³-hybridized carbons (Fsp3) is 0.500. The molecule has 2 aromatic rings. The maximum atomic E-state index is 12.6. The molecule has 0 spiro atoms. The predicted octanol–water partition coefficient (Wildman–Crippen LogP) is 4.09. The van der Waals surface area contributed by atoms with Crippen LogP contribution in [-0.4, -0.2) is 23.1 Å². The molecule has 0 radical (unpaired) electrons. The van der Waals surface area contributed by atoms with Crippen LogP contribution in [0.4, 0.5) is 0 Å². The summed E-state index contributed by atoms with van der Waals surface area (Å²) in [7, 11) is 0. The maximum Gasteiger partial charge on any atom is 0.329 e. The van der Waals surface area contributed by atoms with Crippen LogP contribution in [0, 0.1) is 19.8 Å². The Labute approximate surface area is 166 Å². The average Bonchev–Trinajstić information content (AvgIpc) is 2.94. The van der Waals surface area contributed by atoms with Gasteiger partial charge in [0.2, 0.25) is 0 Å². The number of amides is 1. The lowest BCUT2D eigenvalue weighted by Gasteiger charge is -2.22. The zero-order chi connectivity index (χ0) is 21.1. The van der Waals surface area contributed by atoms with Crippen LogP contribution in [0.2, 0.25) is 0 Å². The lowest BCUT2D eigenvalue weighted by Crippen LogP contribution is -2.45. The van der Waals surface area contributed by atoms with Gasteiger partial charge in [0.05, 0.1) is 11.3 Å². The first-order chi connectivity index (χ1) is 13.0. The Kier molecular flexibility index (Phi) is 6.65. The largest absolute Gasteiger partial charge is 0.459 e. The van der Waals surface area contributed by atoms with Crippen molar-refractivity contribution in [3.63, 3.8) is 0 Å². The van der Waals surface area contributed by atoms with E-state index in [1.165, 1.54) is 0 Å². The third-order valence-corrected chi connectivity index (χ3v) is 4.76. The Balaban J connectivity index is 2.05. The van der Waals surface area contributed by atoms with Gasteiger partial charge in [-0.1, -0.05) is 51.9 Å². The summed E-state index contributed by atoms with van der Waals surface area (Å²) < 4.78 is 10.5. The minimum absolute atomic E-state index is 0.0114. The molecule has 0 unspecified atom stereocenters. The summed E-state index contributed by atoms with van der Waals surface area (Å²) >= 11 is 0. The standard InChI is InChI=1S/C22H30N2O4/c1-13(2)19(21(26)27-12-18-14(3)24-28-15(18)4)23-20(25)16-8-10-17(11-9-16)22(5,6)7/h8-11,13,19H,12H2,1-7H3,(H,23,25)/t19-/m0/s1. The quantitative estimate of drug-likeness (QED) is 0.756. The van der Waals surface area contributed by atoms with Crippen molar-refractivity contribution in [3.05, 3.63) is 52.4 Å². The van der Waals surface area contributed by atoms with Crippen molar-refractivity contribution in [2.45, 2.75) is 66.5 Å². The smallest absolute Gasteiger partial charge is 0.329 e. The van der Waals surface area contributed by atoms with Gasteiger partial charge in [0, 0.05) is 5.56 Å². The Hall–Kier alpha value is -2.63. The molecule has 0 fully saturated rings. The number of carbonyl (C=O) groups excluding carboxylic acids is 2. The maximum absolute atomic E-state index is 12.6. The topological polar surface area (TPSA) is 81.4 Å². The Bertz CT molecular complexity index is 810. The summed E-state index contributed by atoms with van der Waals surface area (Å²) in [6.07, 6.45) is 0. The number of nitrogens with zero attached hydrogens (tertiary/aromatic N) is 1. The van der Waals surface area contributed by atoms with E-state index in [4.69, 9.17) is 9.26 Å². The summed E-state index contributed by atoms with van der Waals surface area (Å²) in [6, 6.07) is 6.70. The van der Waals surface area contributed by atoms with Crippen LogP contribution < -0.4 is 5.32 Å². The zero-order valence-electron chi connectivity index (χ0n) is 17.8. The molecule has 0 aliphatic rings. The molecule has 0 saturated heterocycles. The molecule has 1 amide bonds. The first kappa shape index (κ1) is 21.7. The number of carbonyl (C=O) groups is 2. The molecule has 6 heteroatoms. The second-order valence-corrected chi connectivity index (χ2v) is 8.43. The van der Waals surface area contributed by atoms with Gasteiger partial charge in [-0.3, -0.25) is 4.79 Å². The molecule has 6 nitrogen and oxygen atoms in total. The van der Waals surface area contributed by atoms with Gasteiger partial charge in [-0.2, -0.15) is 0 Å². The number of benzene rings is 1. The average molecular weight is 386 g/mol. The molecule has 1 heterocycles. The van der Waals surface area contributed by atoms with E-state index in [0.29, 0.717) is 17.0 Å². The monoisotopic (exact) mass is 386 g/mol. The van der Waals surface area contributed by atoms with E-state index in [2.05, 4.69) is 31.2 Å². The molecule has 152 valence electrons. The zero-order valence-corrected chi connectivity index (χ0v) is 17.8. The molecular weight excluding hydrogens is 356 g/mol. The SMILES string of the molecule is Cc1noc(C)c1COC(=O)[C@@H](NC(=O)c1ccc(C(C)(C)C)cc1)C(C)C. The second kappa shape index (κ2) is 8.59. The van der Waals surface area contributed by atoms with Crippen LogP contribution in [0.3, 0.4) is 0 Å². The van der Waals surface area contributed by atoms with Gasteiger partial charge in [0.1, 0.15) is 18.4 Å². The normalized spacial score (nSPS) is 12.7. The first-order valence-corrected chi connectivity index (χ1v) is 9.50. The highest BCUT2D eigenvalue weighted by Gasteiger charge is 2.27. The minimum Gasteiger partial charge on any atom is -0.459 e. The number of hydrogen-bond donors (Lipinski definition) is 1. The number of esters is 1. The summed E-state index contributed by atoms with van der Waals surface area (Å²) in [5.74, 6) is -0.271. The molecule has 1 aromatic heterocycles. The van der Waals surface area contributed by atoms with E-state index in [1.807, 2.05) is 26.0 Å². The number of ether oxygens (including phenoxy) is 1. The van der Waals surface area contributed by atoms with Crippen molar-refractivity contribution < 1.29 is 18.8 Å². The van der Waals surface area contributed by atoms with E-state index in [-0.39, 0.29) is 23.8 Å². The second-order valence-electron chi connectivity index (χ2n) is 8.43. The van der Waals surface area contributed by atoms with Crippen molar-refractivity contribution in [2.24, 2.45) is 5.92 Å². The van der Waals surface area contributed by atoms with Gasteiger partial charge >= 0.3 is 5.97 Å². The van der Waals surface area contributed by atoms with Crippen LogP contribution in [-0.2, 0) is 21.6 Å². The predicted molar refractivity (Wildman–Crippen MR) is 107 cm³/mol. The van der Waals surface area contributed by atoms with Gasteiger partial charge in [-0.25, -0.2) is 4.79 Å². The molecule has 28 heavy (non-hydrogen) atoms. The van der Waals surface area contributed by atoms with Crippen LogP contribution in [0.1, 0.15) is 67.6 Å². The fourth-order valence-corrected chi connectivity index (χ4v) is 2.78. The van der Waals surface area contributed by atoms with Crippen molar-refractivity contribution in [1.82, 2.24) is 10.5 Å². The van der Waals surface area contributed by atoms with Gasteiger partial charge in [0.15, 0.2) is 0 Å². The molecule has 1 N–H and O–H groups in total. The number of aryl methyl sites for hydroxylation is 2. The molecule has 1 aromatic carbocycles. The fourth-order valence-electron chi connectivity index (χ4n) is 2.78. The number of hydrogen-bond acceptors (Lipinski definition) is 5. The van der Waals surface area contributed by atoms with Crippen molar-refractivity contribution in [2.75, 3.05) is 0 Å². The van der Waals surface area contributed by atoms with Crippen LogP contribution in [0.15, 0.2) is 28.8 Å². The van der Waals surface area contributed by atoms with Gasteiger partial charge in [0.25, 0.3) is 5.91 Å². The highest BCUT2D eigenvalue weighted by molar-refractivity contribution is 5.96. The number of aromatic nitrogens is 1. The van der Waals surface area contributed by atoms with E-state index in [1.54, 1.807) is 26.0 Å². The van der Waals surface area contributed by atoms with Crippen LogP contribution in [0.5, 0.6) is 0 Å². The molecule has 2 rings (SSSR count).